The first-order valence-corrected chi connectivity index (χ1v) is 27.7. The summed E-state index contributed by atoms with van der Waals surface area (Å²) < 4.78 is 27.7. The smallest absolute Gasteiger partial charge is 0.329 e. The van der Waals surface area contributed by atoms with Crippen LogP contribution in [0.5, 0.6) is 0 Å². The van der Waals surface area contributed by atoms with Crippen LogP contribution in [0.1, 0.15) is 117 Å². The van der Waals surface area contributed by atoms with Gasteiger partial charge in [0, 0.05) is 65.8 Å². The summed E-state index contributed by atoms with van der Waals surface area (Å²) in [6.07, 6.45) is 1.01. The van der Waals surface area contributed by atoms with Crippen LogP contribution in [0.25, 0.3) is 0 Å². The number of rotatable bonds is 16. The van der Waals surface area contributed by atoms with E-state index in [1.807, 2.05) is 104 Å². The fourth-order valence-corrected chi connectivity index (χ4v) is 9.71. The summed E-state index contributed by atoms with van der Waals surface area (Å²) in [6.45, 7) is 18.4. The number of carbonyl (C=O) groups is 8. The minimum absolute atomic E-state index is 0.0823. The summed E-state index contributed by atoms with van der Waals surface area (Å²) in [5.74, 6) is -7.42. The summed E-state index contributed by atoms with van der Waals surface area (Å²) in [5, 5.41) is 8.58. The number of aromatic nitrogens is 4. The van der Waals surface area contributed by atoms with Crippen molar-refractivity contribution < 1.29 is 57.3 Å². The molecule has 20 nitrogen and oxygen atoms in total. The molecule has 0 radical (unpaired) electrons. The highest BCUT2D eigenvalue weighted by Gasteiger charge is 2.43. The number of hydrogen-bond acceptors (Lipinski definition) is 14. The van der Waals surface area contributed by atoms with E-state index < -0.39 is 96.1 Å². The molecule has 1 aliphatic heterocycles. The van der Waals surface area contributed by atoms with Gasteiger partial charge in [-0.3, -0.25) is 28.5 Å². The molecule has 3 heterocycles. The minimum Gasteiger partial charge on any atom is -0.451 e. The van der Waals surface area contributed by atoms with Crippen LogP contribution in [-0.4, -0.2) is 163 Å². The summed E-state index contributed by atoms with van der Waals surface area (Å²) >= 11 is 0. The lowest BCUT2D eigenvalue weighted by molar-refractivity contribution is -0.176. The van der Waals surface area contributed by atoms with Crippen molar-refractivity contribution in [2.75, 3.05) is 28.2 Å². The molecule has 0 spiro atoms. The lowest BCUT2D eigenvalue weighted by Gasteiger charge is -2.35. The maximum atomic E-state index is 15.0. The number of carbonyl (C=O) groups excluding carboxylic acids is 8. The summed E-state index contributed by atoms with van der Waals surface area (Å²) in [7, 11) is 5.57. The number of amides is 4. The zero-order chi connectivity index (χ0) is 59.1. The number of cyclic esters (lactones) is 4. The van der Waals surface area contributed by atoms with Crippen LogP contribution >= 0.6 is 0 Å². The van der Waals surface area contributed by atoms with Crippen molar-refractivity contribution in [2.45, 2.75) is 169 Å². The van der Waals surface area contributed by atoms with Gasteiger partial charge >= 0.3 is 23.9 Å². The molecule has 1 fully saturated rings. The minimum atomic E-state index is -1.54. The molecule has 8 atom stereocenters. The highest BCUT2D eigenvalue weighted by atomic mass is 16.6. The average molecular weight is 1110 g/mol. The van der Waals surface area contributed by atoms with Crippen LogP contribution in [0, 0.1) is 23.7 Å². The van der Waals surface area contributed by atoms with E-state index in [1.54, 1.807) is 46.0 Å². The summed E-state index contributed by atoms with van der Waals surface area (Å²) in [5.41, 5.74) is 3.00. The highest BCUT2D eigenvalue weighted by molar-refractivity contribution is 5.94. The van der Waals surface area contributed by atoms with Crippen molar-refractivity contribution in [3.63, 3.8) is 0 Å². The SMILES string of the molecule is CC(C)C[C@H]1C(=O)O[C@H](Cc2cccc(Cn3cccn3)c2)C(=O)N(C)[C@@H](CC(C)C)C(=O)O[C@H](C)C(=O)N(C)[C@@H](CC(C)C)C(=O)O[C@H](Cc2ccc(Cn3cccn3)cc2)C(=O)N(C)[C@@H](CC(C)C)C(=O)O[C@H](C)C(=O)N1C. The molecule has 0 N–H and O–H groups in total. The van der Waals surface area contributed by atoms with E-state index >= 15 is 4.79 Å². The summed E-state index contributed by atoms with van der Waals surface area (Å²) in [6, 6.07) is 13.2. The third-order valence-corrected chi connectivity index (χ3v) is 14.1. The van der Waals surface area contributed by atoms with E-state index in [2.05, 4.69) is 10.2 Å². The molecule has 4 amide bonds. The average Bonchev–Trinajstić information content (AvgIpc) is 4.16. The molecule has 20 heteroatoms. The molecular formula is C60H84N8O12. The molecule has 0 saturated carbocycles. The standard InChI is InChI=1S/C60H84N8O12/c1-37(2)28-47-57(73)77-42(10)54(70)64(12)50(31-40(7)8)60(76)80-52(34-45-18-15-19-46(32-45)36-68-27-17-25-62-68)56(72)66(14)48(29-38(3)4)58(74)78-41(9)53(69)63(11)49(30-39(5)6)59(75)79-51(55(71)65(47)13)33-43-20-22-44(23-21-43)35-67-26-16-24-61-67/h15-27,32,37-42,47-52H,28-31,33-36H2,1-14H3/t41-,42-,47+,48+,49+,50+,51-,52-/m1/s1. The van der Waals surface area contributed by atoms with E-state index in [4.69, 9.17) is 18.9 Å². The van der Waals surface area contributed by atoms with Crippen LogP contribution in [0.2, 0.25) is 0 Å². The van der Waals surface area contributed by atoms with Crippen molar-refractivity contribution in [3.8, 4) is 0 Å². The van der Waals surface area contributed by atoms with Crippen molar-refractivity contribution in [2.24, 2.45) is 23.7 Å². The van der Waals surface area contributed by atoms with Gasteiger partial charge in [-0.15, -0.1) is 0 Å². The van der Waals surface area contributed by atoms with Crippen LogP contribution in [-0.2, 0) is 83.2 Å². The second-order valence-electron chi connectivity index (χ2n) is 22.8. The lowest BCUT2D eigenvalue weighted by Crippen LogP contribution is -2.55. The lowest BCUT2D eigenvalue weighted by atomic mass is 9.99. The molecule has 0 unspecified atom stereocenters. The second-order valence-corrected chi connectivity index (χ2v) is 22.8. The topological polar surface area (TPSA) is 222 Å². The van der Waals surface area contributed by atoms with Gasteiger partial charge in [0.2, 0.25) is 0 Å². The molecule has 80 heavy (non-hydrogen) atoms. The summed E-state index contributed by atoms with van der Waals surface area (Å²) in [4.78, 5) is 122. The zero-order valence-corrected chi connectivity index (χ0v) is 49.1. The Labute approximate surface area is 471 Å². The predicted octanol–water partition coefficient (Wildman–Crippen LogP) is 6.15. The number of hydrogen-bond donors (Lipinski definition) is 0. The third-order valence-electron chi connectivity index (χ3n) is 14.1. The van der Waals surface area contributed by atoms with Gasteiger partial charge in [0.1, 0.15) is 24.2 Å². The van der Waals surface area contributed by atoms with E-state index in [0.29, 0.717) is 24.2 Å². The Kier molecular flexibility index (Phi) is 23.2. The molecule has 436 valence electrons. The van der Waals surface area contributed by atoms with E-state index in [9.17, 15) is 33.6 Å². The first kappa shape index (κ1) is 63.5. The molecule has 2 aromatic heterocycles. The zero-order valence-electron chi connectivity index (χ0n) is 49.1. The van der Waals surface area contributed by atoms with Crippen molar-refractivity contribution in [3.05, 3.63) is 108 Å². The Bertz CT molecular complexity index is 2690. The molecule has 0 aliphatic carbocycles. The van der Waals surface area contributed by atoms with Gasteiger partial charge in [-0.1, -0.05) is 104 Å². The molecule has 1 aliphatic rings. The van der Waals surface area contributed by atoms with Crippen LogP contribution in [0.4, 0.5) is 0 Å². The van der Waals surface area contributed by atoms with Gasteiger partial charge in [0.05, 0.1) is 13.1 Å². The maximum Gasteiger partial charge on any atom is 0.329 e. The van der Waals surface area contributed by atoms with Gasteiger partial charge in [0.15, 0.2) is 24.4 Å². The quantitative estimate of drug-likeness (QED) is 0.0907. The monoisotopic (exact) mass is 1110 g/mol. The Morgan fingerprint density at radius 2 is 0.738 bits per heavy atom. The number of likely N-dealkylation sites (N-methyl/N-ethyl adjacent to an activating group) is 4. The molecule has 2 aromatic carbocycles. The van der Waals surface area contributed by atoms with Gasteiger partial charge in [-0.05, 0) is 97.6 Å². The molecule has 5 rings (SSSR count). The van der Waals surface area contributed by atoms with Gasteiger partial charge in [0.25, 0.3) is 23.6 Å². The van der Waals surface area contributed by atoms with E-state index in [-0.39, 0.29) is 62.2 Å². The van der Waals surface area contributed by atoms with Crippen molar-refractivity contribution >= 4 is 47.5 Å². The van der Waals surface area contributed by atoms with Crippen LogP contribution in [0.15, 0.2) is 85.5 Å². The Balaban J connectivity index is 1.60. The molecule has 0 bridgehead atoms. The second kappa shape index (κ2) is 29.2. The predicted molar refractivity (Wildman–Crippen MR) is 298 cm³/mol. The number of nitrogens with zero attached hydrogens (tertiary/aromatic N) is 8. The van der Waals surface area contributed by atoms with E-state index in [1.165, 1.54) is 42.0 Å². The molecular weight excluding hydrogens is 1020 g/mol. The Morgan fingerprint density at radius 1 is 0.412 bits per heavy atom. The third kappa shape index (κ3) is 17.8. The first-order valence-electron chi connectivity index (χ1n) is 27.7. The van der Waals surface area contributed by atoms with Gasteiger partial charge in [-0.2, -0.15) is 10.2 Å². The Hall–Kier alpha value is -7.38. The van der Waals surface area contributed by atoms with Gasteiger partial charge < -0.3 is 38.5 Å². The fourth-order valence-electron chi connectivity index (χ4n) is 9.71. The van der Waals surface area contributed by atoms with E-state index in [0.717, 1.165) is 30.7 Å². The van der Waals surface area contributed by atoms with Crippen LogP contribution < -0.4 is 0 Å². The molecule has 1 saturated heterocycles. The fraction of sp³-hybridized carbons (Fsp3) is 0.567. The van der Waals surface area contributed by atoms with Gasteiger partial charge in [-0.25, -0.2) is 19.2 Å². The maximum absolute atomic E-state index is 15.0. The largest absolute Gasteiger partial charge is 0.451 e. The van der Waals surface area contributed by atoms with Crippen LogP contribution in [0.3, 0.4) is 0 Å². The normalized spacial score (nSPS) is 23.2. The number of ether oxygens (including phenoxy) is 4. The first-order chi connectivity index (χ1) is 37.7. The van der Waals surface area contributed by atoms with Crippen molar-refractivity contribution in [1.29, 1.82) is 0 Å². The van der Waals surface area contributed by atoms with Crippen molar-refractivity contribution in [1.82, 2.24) is 39.2 Å². The molecule has 4 aromatic rings. The Morgan fingerprint density at radius 3 is 1.10 bits per heavy atom. The highest BCUT2D eigenvalue weighted by Crippen LogP contribution is 2.25. The number of benzene rings is 2. The number of esters is 4.